The summed E-state index contributed by atoms with van der Waals surface area (Å²) in [6, 6.07) is 5.65. The van der Waals surface area contributed by atoms with Gasteiger partial charge in [-0.1, -0.05) is 12.1 Å². The van der Waals surface area contributed by atoms with Gasteiger partial charge in [0.05, 0.1) is 12.2 Å². The molecule has 0 heterocycles. The summed E-state index contributed by atoms with van der Waals surface area (Å²) in [4.78, 5) is 12.0. The van der Waals surface area contributed by atoms with Crippen LogP contribution >= 0.6 is 15.9 Å². The molecule has 0 saturated carbocycles. The number of amides is 1. The molecule has 1 aromatic rings. The van der Waals surface area contributed by atoms with Gasteiger partial charge in [-0.15, -0.1) is 0 Å². The molecule has 0 radical (unpaired) electrons. The van der Waals surface area contributed by atoms with Gasteiger partial charge in [0, 0.05) is 17.1 Å². The Kier molecular flexibility index (Phi) is 5.65. The fourth-order valence-electron chi connectivity index (χ4n) is 1.46. The van der Waals surface area contributed by atoms with Gasteiger partial charge in [-0.25, -0.2) is 0 Å². The Balaban J connectivity index is 2.67. The minimum absolute atomic E-state index is 0.00913. The summed E-state index contributed by atoms with van der Waals surface area (Å²) in [6.07, 6.45) is 0. The van der Waals surface area contributed by atoms with E-state index in [1.54, 1.807) is 6.07 Å². The van der Waals surface area contributed by atoms with Crippen LogP contribution < -0.4 is 5.32 Å². The van der Waals surface area contributed by atoms with E-state index in [2.05, 4.69) is 21.2 Å². The Morgan fingerprint density at radius 3 is 2.88 bits per heavy atom. The Labute approximate surface area is 111 Å². The Bertz CT molecular complexity index is 393. The van der Waals surface area contributed by atoms with Crippen LogP contribution in [0.3, 0.4) is 0 Å². The summed E-state index contributed by atoms with van der Waals surface area (Å²) in [5.74, 6) is -0.0761. The van der Waals surface area contributed by atoms with Gasteiger partial charge in [0.15, 0.2) is 0 Å². The predicted molar refractivity (Wildman–Crippen MR) is 72.3 cm³/mol. The van der Waals surface area contributed by atoms with Crippen LogP contribution in [0.5, 0.6) is 0 Å². The lowest BCUT2D eigenvalue weighted by atomic mass is 10.1. The van der Waals surface area contributed by atoms with Gasteiger partial charge < -0.3 is 10.1 Å². The molecule has 0 spiro atoms. The molecule has 0 aliphatic carbocycles. The number of carbonyl (C=O) groups excluding carboxylic acids is 1. The standard InChI is InChI=1S/C13H18BrNO2/c1-4-17-8-10(3)15-13(16)11-7-5-6-9(2)12(11)14/h5-7,10H,4,8H2,1-3H3,(H,15,16). The Morgan fingerprint density at radius 1 is 1.53 bits per heavy atom. The van der Waals surface area contributed by atoms with E-state index in [-0.39, 0.29) is 11.9 Å². The van der Waals surface area contributed by atoms with E-state index in [1.807, 2.05) is 32.9 Å². The van der Waals surface area contributed by atoms with Crippen molar-refractivity contribution in [2.45, 2.75) is 26.8 Å². The highest BCUT2D eigenvalue weighted by molar-refractivity contribution is 9.10. The second kappa shape index (κ2) is 6.77. The summed E-state index contributed by atoms with van der Waals surface area (Å²) in [5, 5.41) is 2.91. The molecule has 3 nitrogen and oxygen atoms in total. The summed E-state index contributed by atoms with van der Waals surface area (Å²) < 4.78 is 6.11. The fraction of sp³-hybridized carbons (Fsp3) is 0.462. The molecule has 1 unspecified atom stereocenters. The number of benzene rings is 1. The van der Waals surface area contributed by atoms with E-state index in [4.69, 9.17) is 4.74 Å². The van der Waals surface area contributed by atoms with E-state index in [0.717, 1.165) is 10.0 Å². The fourth-order valence-corrected chi connectivity index (χ4v) is 1.91. The molecule has 0 saturated heterocycles. The number of carbonyl (C=O) groups is 1. The first kappa shape index (κ1) is 14.2. The highest BCUT2D eigenvalue weighted by Gasteiger charge is 2.13. The van der Waals surface area contributed by atoms with Crippen molar-refractivity contribution in [3.8, 4) is 0 Å². The SMILES string of the molecule is CCOCC(C)NC(=O)c1cccc(C)c1Br. The van der Waals surface area contributed by atoms with Gasteiger partial charge in [0.25, 0.3) is 5.91 Å². The third kappa shape index (κ3) is 4.13. The van der Waals surface area contributed by atoms with Crippen molar-refractivity contribution in [2.75, 3.05) is 13.2 Å². The molecular formula is C13H18BrNO2. The molecule has 94 valence electrons. The van der Waals surface area contributed by atoms with Crippen molar-refractivity contribution in [3.63, 3.8) is 0 Å². The monoisotopic (exact) mass is 299 g/mol. The number of hydrogen-bond acceptors (Lipinski definition) is 2. The van der Waals surface area contributed by atoms with Crippen molar-refractivity contribution in [1.29, 1.82) is 0 Å². The van der Waals surface area contributed by atoms with Gasteiger partial charge in [0.1, 0.15) is 0 Å². The summed E-state index contributed by atoms with van der Waals surface area (Å²) >= 11 is 3.43. The highest BCUT2D eigenvalue weighted by Crippen LogP contribution is 2.20. The first-order valence-electron chi connectivity index (χ1n) is 5.70. The van der Waals surface area contributed by atoms with Crippen LogP contribution in [-0.2, 0) is 4.74 Å². The molecule has 0 aromatic heterocycles. The second-order valence-corrected chi connectivity index (χ2v) is 4.76. The van der Waals surface area contributed by atoms with Gasteiger partial charge in [0.2, 0.25) is 0 Å². The van der Waals surface area contributed by atoms with Gasteiger partial charge in [-0.2, -0.15) is 0 Å². The molecule has 1 aromatic carbocycles. The van der Waals surface area contributed by atoms with Crippen molar-refractivity contribution in [2.24, 2.45) is 0 Å². The molecule has 17 heavy (non-hydrogen) atoms. The zero-order chi connectivity index (χ0) is 12.8. The van der Waals surface area contributed by atoms with Crippen LogP contribution in [0.25, 0.3) is 0 Å². The summed E-state index contributed by atoms with van der Waals surface area (Å²) in [5.41, 5.74) is 1.71. The van der Waals surface area contributed by atoms with Crippen molar-refractivity contribution in [1.82, 2.24) is 5.32 Å². The van der Waals surface area contributed by atoms with Gasteiger partial charge >= 0.3 is 0 Å². The molecule has 0 aliphatic heterocycles. The van der Waals surface area contributed by atoms with Crippen molar-refractivity contribution in [3.05, 3.63) is 33.8 Å². The first-order chi connectivity index (χ1) is 8.06. The van der Waals surface area contributed by atoms with Crippen molar-refractivity contribution < 1.29 is 9.53 Å². The minimum Gasteiger partial charge on any atom is -0.380 e. The molecule has 4 heteroatoms. The number of ether oxygens (including phenoxy) is 1. The average Bonchev–Trinajstić information content (AvgIpc) is 2.29. The van der Waals surface area contributed by atoms with E-state index < -0.39 is 0 Å². The third-order valence-corrected chi connectivity index (χ3v) is 3.44. The maximum absolute atomic E-state index is 12.0. The molecule has 1 atom stereocenters. The number of hydrogen-bond donors (Lipinski definition) is 1. The lowest BCUT2D eigenvalue weighted by Gasteiger charge is -2.14. The van der Waals surface area contributed by atoms with Crippen LogP contribution in [0.15, 0.2) is 22.7 Å². The molecule has 1 amide bonds. The summed E-state index contributed by atoms with van der Waals surface area (Å²) in [7, 11) is 0. The zero-order valence-corrected chi connectivity index (χ0v) is 12.0. The molecule has 0 bridgehead atoms. The second-order valence-electron chi connectivity index (χ2n) is 3.97. The van der Waals surface area contributed by atoms with Gasteiger partial charge in [-0.3, -0.25) is 4.79 Å². The first-order valence-corrected chi connectivity index (χ1v) is 6.49. The van der Waals surface area contributed by atoms with Crippen molar-refractivity contribution >= 4 is 21.8 Å². The smallest absolute Gasteiger partial charge is 0.252 e. The summed E-state index contributed by atoms with van der Waals surface area (Å²) in [6.45, 7) is 7.02. The Hall–Kier alpha value is -0.870. The topological polar surface area (TPSA) is 38.3 Å². The van der Waals surface area contributed by atoms with Crippen LogP contribution in [0.1, 0.15) is 29.8 Å². The van der Waals surface area contributed by atoms with Gasteiger partial charge in [-0.05, 0) is 48.3 Å². The van der Waals surface area contributed by atoms with Crippen LogP contribution in [0.2, 0.25) is 0 Å². The quantitative estimate of drug-likeness (QED) is 0.908. The Morgan fingerprint density at radius 2 is 2.24 bits per heavy atom. The van der Waals surface area contributed by atoms with E-state index >= 15 is 0 Å². The molecule has 1 N–H and O–H groups in total. The zero-order valence-electron chi connectivity index (χ0n) is 10.4. The minimum atomic E-state index is -0.0761. The third-order valence-electron chi connectivity index (χ3n) is 2.39. The van der Waals surface area contributed by atoms with Crippen LogP contribution in [0.4, 0.5) is 0 Å². The molecular weight excluding hydrogens is 282 g/mol. The van der Waals surface area contributed by atoms with E-state index in [0.29, 0.717) is 18.8 Å². The predicted octanol–water partition coefficient (Wildman–Crippen LogP) is 2.91. The number of halogens is 1. The lowest BCUT2D eigenvalue weighted by Crippen LogP contribution is -2.36. The number of aryl methyl sites for hydroxylation is 1. The van der Waals surface area contributed by atoms with E-state index in [9.17, 15) is 4.79 Å². The largest absolute Gasteiger partial charge is 0.380 e. The molecule has 0 fully saturated rings. The number of rotatable bonds is 5. The van der Waals surface area contributed by atoms with E-state index in [1.165, 1.54) is 0 Å². The average molecular weight is 300 g/mol. The highest BCUT2D eigenvalue weighted by atomic mass is 79.9. The lowest BCUT2D eigenvalue weighted by molar-refractivity contribution is 0.0871. The molecule has 1 rings (SSSR count). The maximum atomic E-state index is 12.0. The molecule has 0 aliphatic rings. The maximum Gasteiger partial charge on any atom is 0.252 e. The number of nitrogens with one attached hydrogen (secondary N) is 1. The van der Waals surface area contributed by atoms with Crippen LogP contribution in [-0.4, -0.2) is 25.2 Å². The van der Waals surface area contributed by atoms with Crippen LogP contribution in [0, 0.1) is 6.92 Å². The normalized spacial score (nSPS) is 12.2.